The zero-order valence-electron chi connectivity index (χ0n) is 14.6. The number of aliphatic hydroxyl groups is 1. The lowest BCUT2D eigenvalue weighted by atomic mass is 9.86. The first-order valence-corrected chi connectivity index (χ1v) is 9.27. The molecule has 0 aliphatic heterocycles. The maximum Gasteiger partial charge on any atom is 0.234 e. The molecule has 0 aromatic heterocycles. The van der Waals surface area contributed by atoms with E-state index in [9.17, 15) is 14.7 Å². The lowest BCUT2D eigenvalue weighted by Gasteiger charge is -2.17. The Hall–Kier alpha value is -1.90. The molecule has 0 saturated heterocycles. The summed E-state index contributed by atoms with van der Waals surface area (Å²) < 4.78 is 0. The molecule has 0 heterocycles. The lowest BCUT2D eigenvalue weighted by Crippen LogP contribution is -2.24. The molecule has 3 heteroatoms. The molecule has 0 spiro atoms. The maximum atomic E-state index is 12.2. The van der Waals surface area contributed by atoms with Gasteiger partial charge in [0.1, 0.15) is 5.76 Å². The van der Waals surface area contributed by atoms with Crippen molar-refractivity contribution in [2.24, 2.45) is 0 Å². The quantitative estimate of drug-likeness (QED) is 0.446. The Morgan fingerprint density at radius 1 is 0.750 bits per heavy atom. The number of hydrogen-bond donors (Lipinski definition) is 1. The Balaban J connectivity index is 1.80. The van der Waals surface area contributed by atoms with Gasteiger partial charge in [-0.2, -0.15) is 0 Å². The van der Waals surface area contributed by atoms with E-state index in [-0.39, 0.29) is 5.76 Å². The fourth-order valence-corrected chi connectivity index (χ4v) is 3.26. The summed E-state index contributed by atoms with van der Waals surface area (Å²) in [7, 11) is 0. The van der Waals surface area contributed by atoms with E-state index in [0.29, 0.717) is 23.1 Å². The molecule has 3 nitrogen and oxygen atoms in total. The van der Waals surface area contributed by atoms with Crippen LogP contribution in [-0.4, -0.2) is 16.7 Å². The predicted octanol–water partition coefficient (Wildman–Crippen LogP) is 5.64. The number of fused-ring (bicyclic) bond motifs is 1. The minimum Gasteiger partial charge on any atom is -0.507 e. The summed E-state index contributed by atoms with van der Waals surface area (Å²) >= 11 is 0. The van der Waals surface area contributed by atoms with Crippen molar-refractivity contribution in [2.75, 3.05) is 0 Å². The first-order chi connectivity index (χ1) is 11.7. The lowest BCUT2D eigenvalue weighted by molar-refractivity contribution is -0.112. The molecular weight excluding hydrogens is 300 g/mol. The van der Waals surface area contributed by atoms with Crippen LogP contribution in [0.4, 0.5) is 0 Å². The SMILES string of the molecule is CCCCCCCCCCCC1=C(O)c2ccccc2C(=O)C1=O. The first-order valence-electron chi connectivity index (χ1n) is 9.27. The number of benzene rings is 1. The van der Waals surface area contributed by atoms with Crippen LogP contribution in [0, 0.1) is 0 Å². The highest BCUT2D eigenvalue weighted by Gasteiger charge is 2.31. The third-order valence-corrected chi connectivity index (χ3v) is 4.72. The highest BCUT2D eigenvalue weighted by Crippen LogP contribution is 2.30. The second-order valence-corrected chi connectivity index (χ2v) is 6.61. The normalized spacial score (nSPS) is 14.2. The largest absolute Gasteiger partial charge is 0.507 e. The molecule has 0 unspecified atom stereocenters. The highest BCUT2D eigenvalue weighted by molar-refractivity contribution is 6.52. The molecule has 0 bridgehead atoms. The number of aliphatic hydroxyl groups excluding tert-OH is 1. The number of ketones is 2. The van der Waals surface area contributed by atoms with Crippen LogP contribution in [0.25, 0.3) is 5.76 Å². The molecular formula is C21H28O3. The van der Waals surface area contributed by atoms with Gasteiger partial charge in [0, 0.05) is 16.7 Å². The summed E-state index contributed by atoms with van der Waals surface area (Å²) in [6.45, 7) is 2.22. The van der Waals surface area contributed by atoms with Crippen LogP contribution in [-0.2, 0) is 4.79 Å². The monoisotopic (exact) mass is 328 g/mol. The van der Waals surface area contributed by atoms with Crippen molar-refractivity contribution in [1.82, 2.24) is 0 Å². The molecule has 2 rings (SSSR count). The van der Waals surface area contributed by atoms with E-state index in [4.69, 9.17) is 0 Å². The molecule has 1 aromatic carbocycles. The summed E-state index contributed by atoms with van der Waals surface area (Å²) in [6, 6.07) is 6.78. The number of hydrogen-bond acceptors (Lipinski definition) is 3. The van der Waals surface area contributed by atoms with Crippen LogP contribution in [0.1, 0.15) is 87.1 Å². The predicted molar refractivity (Wildman–Crippen MR) is 97.2 cm³/mol. The molecule has 1 aromatic rings. The summed E-state index contributed by atoms with van der Waals surface area (Å²) in [5, 5.41) is 10.3. The Labute approximate surface area is 144 Å². The van der Waals surface area contributed by atoms with Crippen LogP contribution in [0.5, 0.6) is 0 Å². The van der Waals surface area contributed by atoms with Gasteiger partial charge in [-0.3, -0.25) is 9.59 Å². The topological polar surface area (TPSA) is 54.4 Å². The fraction of sp³-hybridized carbons (Fsp3) is 0.524. The van der Waals surface area contributed by atoms with Crippen LogP contribution in [0.3, 0.4) is 0 Å². The molecule has 1 N–H and O–H groups in total. The number of carbonyl (C=O) groups excluding carboxylic acids is 2. The van der Waals surface area contributed by atoms with E-state index in [1.807, 2.05) is 0 Å². The van der Waals surface area contributed by atoms with Gasteiger partial charge in [0.15, 0.2) is 0 Å². The smallest absolute Gasteiger partial charge is 0.234 e. The fourth-order valence-electron chi connectivity index (χ4n) is 3.26. The van der Waals surface area contributed by atoms with Crippen molar-refractivity contribution in [3.05, 3.63) is 41.0 Å². The number of allylic oxidation sites excluding steroid dienone is 1. The van der Waals surface area contributed by atoms with E-state index < -0.39 is 11.6 Å². The average Bonchev–Trinajstić information content (AvgIpc) is 2.61. The third-order valence-electron chi connectivity index (χ3n) is 4.72. The molecule has 0 saturated carbocycles. The van der Waals surface area contributed by atoms with Crippen LogP contribution in [0.2, 0.25) is 0 Å². The minimum atomic E-state index is -0.536. The van der Waals surface area contributed by atoms with Gasteiger partial charge in [-0.25, -0.2) is 0 Å². The zero-order valence-corrected chi connectivity index (χ0v) is 14.6. The van der Waals surface area contributed by atoms with Gasteiger partial charge in [0.05, 0.1) is 0 Å². The van der Waals surface area contributed by atoms with Gasteiger partial charge in [-0.15, -0.1) is 0 Å². The molecule has 1 aliphatic carbocycles. The van der Waals surface area contributed by atoms with Crippen LogP contribution < -0.4 is 0 Å². The molecule has 0 fully saturated rings. The van der Waals surface area contributed by atoms with Crippen LogP contribution >= 0.6 is 0 Å². The second kappa shape index (κ2) is 9.41. The van der Waals surface area contributed by atoms with Crippen molar-refractivity contribution in [2.45, 2.75) is 71.1 Å². The Bertz CT molecular complexity index is 613. The van der Waals surface area contributed by atoms with E-state index in [2.05, 4.69) is 6.92 Å². The minimum absolute atomic E-state index is 0.00485. The van der Waals surface area contributed by atoms with Gasteiger partial charge in [-0.1, -0.05) is 82.6 Å². The van der Waals surface area contributed by atoms with E-state index in [1.165, 1.54) is 38.5 Å². The number of carbonyl (C=O) groups is 2. The third kappa shape index (κ3) is 4.56. The van der Waals surface area contributed by atoms with Gasteiger partial charge in [0.2, 0.25) is 11.6 Å². The van der Waals surface area contributed by atoms with Crippen molar-refractivity contribution in [3.63, 3.8) is 0 Å². The molecule has 0 radical (unpaired) electrons. The van der Waals surface area contributed by atoms with E-state index >= 15 is 0 Å². The summed E-state index contributed by atoms with van der Waals surface area (Å²) in [5.41, 5.74) is 1.10. The van der Waals surface area contributed by atoms with E-state index in [1.54, 1.807) is 24.3 Å². The molecule has 130 valence electrons. The van der Waals surface area contributed by atoms with E-state index in [0.717, 1.165) is 19.3 Å². The average molecular weight is 328 g/mol. The maximum absolute atomic E-state index is 12.2. The Morgan fingerprint density at radius 3 is 1.92 bits per heavy atom. The van der Waals surface area contributed by atoms with Gasteiger partial charge >= 0.3 is 0 Å². The van der Waals surface area contributed by atoms with Crippen molar-refractivity contribution in [1.29, 1.82) is 0 Å². The molecule has 24 heavy (non-hydrogen) atoms. The summed E-state index contributed by atoms with van der Waals surface area (Å²) in [6.07, 6.45) is 11.3. The molecule has 0 atom stereocenters. The number of unbranched alkanes of at least 4 members (excludes halogenated alkanes) is 8. The van der Waals surface area contributed by atoms with Gasteiger partial charge in [0.25, 0.3) is 0 Å². The first kappa shape index (κ1) is 18.4. The van der Waals surface area contributed by atoms with Crippen molar-refractivity contribution >= 4 is 17.3 Å². The highest BCUT2D eigenvalue weighted by atomic mass is 16.3. The zero-order chi connectivity index (χ0) is 17.4. The van der Waals surface area contributed by atoms with Crippen molar-refractivity contribution in [3.8, 4) is 0 Å². The van der Waals surface area contributed by atoms with Crippen LogP contribution in [0.15, 0.2) is 29.8 Å². The Morgan fingerprint density at radius 2 is 1.29 bits per heavy atom. The summed E-state index contributed by atoms with van der Waals surface area (Å²) in [5.74, 6) is -1.03. The molecule has 1 aliphatic rings. The Kier molecular flexibility index (Phi) is 7.23. The number of Topliss-reactive ketones (excluding diaryl/α,β-unsaturated/α-hetero) is 2. The summed E-state index contributed by atoms with van der Waals surface area (Å²) in [4.78, 5) is 24.3. The number of rotatable bonds is 10. The van der Waals surface area contributed by atoms with Gasteiger partial charge < -0.3 is 5.11 Å². The second-order valence-electron chi connectivity index (χ2n) is 6.61. The van der Waals surface area contributed by atoms with Crippen molar-refractivity contribution < 1.29 is 14.7 Å². The standard InChI is InChI=1S/C21H28O3/c1-2-3-4-5-6-7-8-9-10-15-18-19(22)16-13-11-12-14-17(16)20(23)21(18)24/h11-14,22H,2-10,15H2,1H3. The van der Waals surface area contributed by atoms with Gasteiger partial charge in [-0.05, 0) is 12.8 Å². The molecule has 0 amide bonds.